The maximum absolute atomic E-state index is 11.2. The van der Waals surface area contributed by atoms with Crippen molar-refractivity contribution in [3.8, 4) is 0 Å². The van der Waals surface area contributed by atoms with Crippen molar-refractivity contribution in [1.82, 2.24) is 0 Å². The maximum Gasteiger partial charge on any atom is 0.262 e. The minimum atomic E-state index is -3.63. The molecule has 0 atom stereocenters. The first-order valence-electron chi connectivity index (χ1n) is 3.91. The molecule has 14 heavy (non-hydrogen) atoms. The summed E-state index contributed by atoms with van der Waals surface area (Å²) >= 11 is 1.40. The minimum Gasteiger partial charge on any atom is -0.207 e. The van der Waals surface area contributed by atoms with Crippen molar-refractivity contribution < 1.29 is 8.42 Å². The van der Waals surface area contributed by atoms with Crippen molar-refractivity contribution in [3.63, 3.8) is 0 Å². The number of fused-ring (bicyclic) bond motifs is 1. The second-order valence-corrected chi connectivity index (χ2v) is 6.40. The van der Waals surface area contributed by atoms with E-state index in [1.165, 1.54) is 17.4 Å². The second-order valence-electron chi connectivity index (χ2n) is 2.99. The SMILES string of the molecule is Cc1csc2c(S(=O)(=O)Cl)cccc12. The highest BCUT2D eigenvalue weighted by Crippen LogP contribution is 2.32. The summed E-state index contributed by atoms with van der Waals surface area (Å²) in [7, 11) is 1.69. The molecule has 0 amide bonds. The lowest BCUT2D eigenvalue weighted by Crippen LogP contribution is -1.89. The number of halogens is 1. The molecule has 2 nitrogen and oxygen atoms in total. The number of hydrogen-bond donors (Lipinski definition) is 0. The molecule has 0 aliphatic heterocycles. The van der Waals surface area contributed by atoms with Crippen LogP contribution in [0.25, 0.3) is 10.1 Å². The van der Waals surface area contributed by atoms with Crippen LogP contribution in [-0.4, -0.2) is 8.42 Å². The molecule has 2 aromatic rings. The van der Waals surface area contributed by atoms with Gasteiger partial charge in [0.15, 0.2) is 0 Å². The van der Waals surface area contributed by atoms with Gasteiger partial charge in [0.1, 0.15) is 4.90 Å². The van der Waals surface area contributed by atoms with Gasteiger partial charge in [-0.2, -0.15) is 0 Å². The molecule has 0 aliphatic carbocycles. The number of benzene rings is 1. The Morgan fingerprint density at radius 1 is 1.36 bits per heavy atom. The Morgan fingerprint density at radius 2 is 2.07 bits per heavy atom. The molecular formula is C9H7ClO2S2. The summed E-state index contributed by atoms with van der Waals surface area (Å²) in [5.74, 6) is 0. The van der Waals surface area contributed by atoms with Crippen LogP contribution < -0.4 is 0 Å². The smallest absolute Gasteiger partial charge is 0.207 e. The topological polar surface area (TPSA) is 34.1 Å². The van der Waals surface area contributed by atoms with Crippen LogP contribution in [0, 0.1) is 6.92 Å². The summed E-state index contributed by atoms with van der Waals surface area (Å²) in [6.07, 6.45) is 0. The van der Waals surface area contributed by atoms with E-state index in [0.717, 1.165) is 15.6 Å². The van der Waals surface area contributed by atoms with Crippen LogP contribution in [0.3, 0.4) is 0 Å². The van der Waals surface area contributed by atoms with Gasteiger partial charge in [-0.3, -0.25) is 0 Å². The van der Waals surface area contributed by atoms with E-state index in [-0.39, 0.29) is 4.90 Å². The van der Waals surface area contributed by atoms with E-state index in [1.807, 2.05) is 18.4 Å². The Labute approximate surface area is 90.6 Å². The molecule has 0 bridgehead atoms. The quantitative estimate of drug-likeness (QED) is 0.725. The zero-order chi connectivity index (χ0) is 10.3. The molecule has 0 unspecified atom stereocenters. The monoisotopic (exact) mass is 246 g/mol. The van der Waals surface area contributed by atoms with Crippen molar-refractivity contribution >= 4 is 41.2 Å². The fraction of sp³-hybridized carbons (Fsp3) is 0.111. The molecule has 1 aromatic heterocycles. The van der Waals surface area contributed by atoms with Crippen LogP contribution in [0.5, 0.6) is 0 Å². The Hall–Kier alpha value is -0.580. The van der Waals surface area contributed by atoms with Gasteiger partial charge >= 0.3 is 0 Å². The Bertz CT molecular complexity index is 584. The summed E-state index contributed by atoms with van der Waals surface area (Å²) in [6.45, 7) is 1.95. The van der Waals surface area contributed by atoms with Gasteiger partial charge in [0.2, 0.25) is 0 Å². The lowest BCUT2D eigenvalue weighted by molar-refractivity contribution is 0.610. The Balaban J connectivity index is 2.92. The third kappa shape index (κ3) is 1.54. The molecule has 0 fully saturated rings. The number of rotatable bonds is 1. The van der Waals surface area contributed by atoms with Crippen molar-refractivity contribution in [1.29, 1.82) is 0 Å². The van der Waals surface area contributed by atoms with Crippen molar-refractivity contribution in [2.75, 3.05) is 0 Å². The molecule has 0 radical (unpaired) electrons. The largest absolute Gasteiger partial charge is 0.262 e. The normalized spacial score (nSPS) is 12.1. The molecule has 0 spiro atoms. The van der Waals surface area contributed by atoms with E-state index in [2.05, 4.69) is 0 Å². The fourth-order valence-corrected chi connectivity index (χ4v) is 3.88. The number of hydrogen-bond acceptors (Lipinski definition) is 3. The lowest BCUT2D eigenvalue weighted by Gasteiger charge is -1.97. The van der Waals surface area contributed by atoms with Gasteiger partial charge in [0.05, 0.1) is 4.70 Å². The Morgan fingerprint density at radius 3 is 2.71 bits per heavy atom. The van der Waals surface area contributed by atoms with Gasteiger partial charge in [-0.15, -0.1) is 11.3 Å². The van der Waals surface area contributed by atoms with Crippen LogP contribution in [0.15, 0.2) is 28.5 Å². The first-order chi connectivity index (χ1) is 6.50. The van der Waals surface area contributed by atoms with Crippen LogP contribution >= 0.6 is 22.0 Å². The van der Waals surface area contributed by atoms with Crippen LogP contribution in [-0.2, 0) is 9.05 Å². The summed E-state index contributed by atoms with van der Waals surface area (Å²) in [5, 5.41) is 2.88. The molecule has 0 aliphatic rings. The zero-order valence-corrected chi connectivity index (χ0v) is 9.71. The highest BCUT2D eigenvalue weighted by Gasteiger charge is 2.15. The molecular weight excluding hydrogens is 240 g/mol. The van der Waals surface area contributed by atoms with Gasteiger partial charge in [0, 0.05) is 10.7 Å². The van der Waals surface area contributed by atoms with Gasteiger partial charge in [-0.25, -0.2) is 8.42 Å². The van der Waals surface area contributed by atoms with Gasteiger partial charge in [-0.1, -0.05) is 12.1 Å². The third-order valence-corrected chi connectivity index (χ3v) is 4.66. The summed E-state index contributed by atoms with van der Waals surface area (Å²) in [4.78, 5) is 0.203. The van der Waals surface area contributed by atoms with Crippen molar-refractivity contribution in [3.05, 3.63) is 29.1 Å². The molecule has 5 heteroatoms. The predicted octanol–water partition coefficient (Wildman–Crippen LogP) is 3.14. The average molecular weight is 247 g/mol. The first kappa shape index (κ1) is 9.96. The van der Waals surface area contributed by atoms with Crippen molar-refractivity contribution in [2.24, 2.45) is 0 Å². The summed E-state index contributed by atoms with van der Waals surface area (Å²) in [5.41, 5.74) is 1.08. The van der Waals surface area contributed by atoms with Gasteiger partial charge in [-0.05, 0) is 29.3 Å². The van der Waals surface area contributed by atoms with E-state index >= 15 is 0 Å². The minimum absolute atomic E-state index is 0.203. The highest BCUT2D eigenvalue weighted by atomic mass is 35.7. The van der Waals surface area contributed by atoms with Gasteiger partial charge < -0.3 is 0 Å². The van der Waals surface area contributed by atoms with Crippen molar-refractivity contribution in [2.45, 2.75) is 11.8 Å². The molecule has 0 saturated heterocycles. The molecule has 0 saturated carbocycles. The summed E-state index contributed by atoms with van der Waals surface area (Å²) in [6, 6.07) is 5.13. The number of thiophene rings is 1. The standard InChI is InChI=1S/C9H7ClO2S2/c1-6-5-13-9-7(6)3-2-4-8(9)14(10,11)12/h2-5H,1H3. The molecule has 0 N–H and O–H groups in total. The maximum atomic E-state index is 11.2. The highest BCUT2D eigenvalue weighted by molar-refractivity contribution is 8.14. The Kier molecular flexibility index (Phi) is 2.29. The first-order valence-corrected chi connectivity index (χ1v) is 7.10. The molecule has 2 rings (SSSR count). The lowest BCUT2D eigenvalue weighted by atomic mass is 10.2. The molecule has 1 aromatic carbocycles. The molecule has 74 valence electrons. The predicted molar refractivity (Wildman–Crippen MR) is 59.6 cm³/mol. The zero-order valence-electron chi connectivity index (χ0n) is 7.32. The number of aryl methyl sites for hydroxylation is 1. The van der Waals surface area contributed by atoms with Gasteiger partial charge in [0.25, 0.3) is 9.05 Å². The van der Waals surface area contributed by atoms with E-state index in [9.17, 15) is 8.42 Å². The van der Waals surface area contributed by atoms with E-state index in [0.29, 0.717) is 0 Å². The summed E-state index contributed by atoms with van der Waals surface area (Å²) < 4.78 is 23.2. The van der Waals surface area contributed by atoms with Crippen LogP contribution in [0.4, 0.5) is 0 Å². The van der Waals surface area contributed by atoms with E-state index in [1.54, 1.807) is 6.07 Å². The molecule has 1 heterocycles. The third-order valence-electron chi connectivity index (χ3n) is 2.02. The van der Waals surface area contributed by atoms with Crippen LogP contribution in [0.1, 0.15) is 5.56 Å². The second kappa shape index (κ2) is 3.22. The van der Waals surface area contributed by atoms with E-state index < -0.39 is 9.05 Å². The average Bonchev–Trinajstić information content (AvgIpc) is 2.46. The van der Waals surface area contributed by atoms with E-state index in [4.69, 9.17) is 10.7 Å². The fourth-order valence-electron chi connectivity index (χ4n) is 1.35. The van der Waals surface area contributed by atoms with Crippen LogP contribution in [0.2, 0.25) is 0 Å².